The largest absolute Gasteiger partial charge is 0.444 e. The van der Waals surface area contributed by atoms with Crippen LogP contribution < -0.4 is 5.32 Å². The van der Waals surface area contributed by atoms with E-state index in [1.54, 1.807) is 0 Å². The van der Waals surface area contributed by atoms with Gasteiger partial charge in [-0.05, 0) is 46.6 Å². The van der Waals surface area contributed by atoms with Gasteiger partial charge in [-0.3, -0.25) is 0 Å². The van der Waals surface area contributed by atoms with Crippen LogP contribution in [-0.4, -0.2) is 42.3 Å². The van der Waals surface area contributed by atoms with Crippen molar-refractivity contribution >= 4 is 6.09 Å². The van der Waals surface area contributed by atoms with E-state index >= 15 is 0 Å². The Hall–Kier alpha value is -0.770. The summed E-state index contributed by atoms with van der Waals surface area (Å²) in [4.78, 5) is 14.0. The first kappa shape index (κ1) is 16.3. The van der Waals surface area contributed by atoms with E-state index in [1.165, 1.54) is 19.3 Å². The zero-order chi connectivity index (χ0) is 14.3. The number of carbonyl (C=O) groups excluding carboxylic acids is 1. The van der Waals surface area contributed by atoms with Gasteiger partial charge in [0, 0.05) is 19.1 Å². The van der Waals surface area contributed by atoms with Gasteiger partial charge in [0.2, 0.25) is 0 Å². The highest BCUT2D eigenvalue weighted by Gasteiger charge is 2.25. The van der Waals surface area contributed by atoms with Crippen LogP contribution in [0.3, 0.4) is 0 Å². The quantitative estimate of drug-likeness (QED) is 0.798. The second-order valence-electron chi connectivity index (χ2n) is 6.43. The second-order valence-corrected chi connectivity index (χ2v) is 6.43. The minimum atomic E-state index is -0.408. The molecule has 1 aliphatic heterocycles. The van der Waals surface area contributed by atoms with E-state index in [0.717, 1.165) is 32.5 Å². The normalized spacial score (nSPS) is 21.1. The van der Waals surface area contributed by atoms with Crippen LogP contribution in [0.15, 0.2) is 0 Å². The maximum absolute atomic E-state index is 12.1. The summed E-state index contributed by atoms with van der Waals surface area (Å²) in [7, 11) is 0. The van der Waals surface area contributed by atoms with Crippen LogP contribution in [0.2, 0.25) is 0 Å². The van der Waals surface area contributed by atoms with Crippen LogP contribution in [0, 0.1) is 0 Å². The Kier molecular flexibility index (Phi) is 6.63. The molecule has 1 N–H and O–H groups in total. The fourth-order valence-corrected chi connectivity index (χ4v) is 2.28. The number of ether oxygens (including phenoxy) is 1. The molecule has 1 fully saturated rings. The molecule has 0 radical (unpaired) electrons. The molecule has 4 heteroatoms. The van der Waals surface area contributed by atoms with Gasteiger partial charge in [-0.2, -0.15) is 0 Å². The van der Waals surface area contributed by atoms with Gasteiger partial charge < -0.3 is 15.0 Å². The topological polar surface area (TPSA) is 41.6 Å². The van der Waals surface area contributed by atoms with Crippen molar-refractivity contribution in [3.63, 3.8) is 0 Å². The molecule has 1 aliphatic rings. The van der Waals surface area contributed by atoms with E-state index in [4.69, 9.17) is 4.74 Å². The van der Waals surface area contributed by atoms with E-state index in [1.807, 2.05) is 25.7 Å². The maximum atomic E-state index is 12.1. The van der Waals surface area contributed by atoms with Gasteiger partial charge in [0.15, 0.2) is 0 Å². The Balaban J connectivity index is 2.46. The third-order valence-corrected chi connectivity index (χ3v) is 3.29. The molecule has 0 bridgehead atoms. The van der Waals surface area contributed by atoms with E-state index in [-0.39, 0.29) is 6.09 Å². The number of amides is 1. The van der Waals surface area contributed by atoms with Crippen LogP contribution in [0.1, 0.15) is 59.8 Å². The third-order valence-electron chi connectivity index (χ3n) is 3.29. The lowest BCUT2D eigenvalue weighted by Gasteiger charge is -2.28. The number of nitrogens with one attached hydrogen (secondary N) is 1. The van der Waals surface area contributed by atoms with Gasteiger partial charge in [-0.15, -0.1) is 0 Å². The minimum absolute atomic E-state index is 0.170. The highest BCUT2D eigenvalue weighted by Crippen LogP contribution is 2.15. The van der Waals surface area contributed by atoms with Crippen molar-refractivity contribution in [1.82, 2.24) is 10.2 Å². The predicted octanol–water partition coefficient (Wildman–Crippen LogP) is 3.17. The minimum Gasteiger partial charge on any atom is -0.444 e. The lowest BCUT2D eigenvalue weighted by Crippen LogP contribution is -2.44. The Morgan fingerprint density at radius 2 is 2.11 bits per heavy atom. The van der Waals surface area contributed by atoms with Gasteiger partial charge in [0.05, 0.1) is 0 Å². The van der Waals surface area contributed by atoms with Gasteiger partial charge >= 0.3 is 6.09 Å². The molecule has 1 saturated heterocycles. The number of likely N-dealkylation sites (tertiary alicyclic amines) is 1. The first-order chi connectivity index (χ1) is 8.92. The molecule has 0 aromatic heterocycles. The highest BCUT2D eigenvalue weighted by atomic mass is 16.6. The lowest BCUT2D eigenvalue weighted by atomic mass is 10.1. The van der Waals surface area contributed by atoms with Crippen LogP contribution in [0.4, 0.5) is 4.79 Å². The van der Waals surface area contributed by atoms with Crippen LogP contribution in [0.25, 0.3) is 0 Å². The van der Waals surface area contributed by atoms with Crippen molar-refractivity contribution < 1.29 is 9.53 Å². The summed E-state index contributed by atoms with van der Waals surface area (Å²) in [6, 6.07) is 0.418. The van der Waals surface area contributed by atoms with Gasteiger partial charge in [-0.25, -0.2) is 4.79 Å². The van der Waals surface area contributed by atoms with Crippen LogP contribution in [0.5, 0.6) is 0 Å². The van der Waals surface area contributed by atoms with Gasteiger partial charge in [-0.1, -0.05) is 19.8 Å². The Morgan fingerprint density at radius 1 is 1.37 bits per heavy atom. The molecule has 4 nitrogen and oxygen atoms in total. The third kappa shape index (κ3) is 6.81. The first-order valence-corrected chi connectivity index (χ1v) is 7.63. The van der Waals surface area contributed by atoms with Crippen molar-refractivity contribution in [2.24, 2.45) is 0 Å². The molecule has 0 spiro atoms. The molecule has 0 aliphatic carbocycles. The molecule has 1 atom stereocenters. The van der Waals surface area contributed by atoms with Crippen molar-refractivity contribution in [1.29, 1.82) is 0 Å². The van der Waals surface area contributed by atoms with Gasteiger partial charge in [0.1, 0.15) is 5.60 Å². The maximum Gasteiger partial charge on any atom is 0.410 e. The smallest absolute Gasteiger partial charge is 0.410 e. The average molecular weight is 270 g/mol. The Morgan fingerprint density at radius 3 is 2.74 bits per heavy atom. The van der Waals surface area contributed by atoms with Crippen molar-refractivity contribution in [3.8, 4) is 0 Å². The molecule has 112 valence electrons. The summed E-state index contributed by atoms with van der Waals surface area (Å²) in [5.74, 6) is 0. The molecule has 1 heterocycles. The van der Waals surface area contributed by atoms with Gasteiger partial charge in [0.25, 0.3) is 0 Å². The molecular weight excluding hydrogens is 240 g/mol. The van der Waals surface area contributed by atoms with E-state index < -0.39 is 5.60 Å². The molecular formula is C15H30N2O2. The molecule has 1 rings (SSSR count). The molecule has 0 saturated carbocycles. The molecule has 19 heavy (non-hydrogen) atoms. The number of rotatable bonds is 4. The Bertz CT molecular complexity index is 274. The fraction of sp³-hybridized carbons (Fsp3) is 0.933. The zero-order valence-electron chi connectivity index (χ0n) is 13.0. The lowest BCUT2D eigenvalue weighted by molar-refractivity contribution is 0.0244. The predicted molar refractivity (Wildman–Crippen MR) is 78.4 cm³/mol. The van der Waals surface area contributed by atoms with Crippen molar-refractivity contribution in [3.05, 3.63) is 0 Å². The monoisotopic (exact) mass is 270 g/mol. The number of hydrogen-bond donors (Lipinski definition) is 1. The number of carbonyl (C=O) groups is 1. The van der Waals surface area contributed by atoms with Crippen molar-refractivity contribution in [2.75, 3.05) is 19.6 Å². The fourth-order valence-electron chi connectivity index (χ4n) is 2.28. The van der Waals surface area contributed by atoms with Crippen molar-refractivity contribution in [2.45, 2.75) is 71.4 Å². The second kappa shape index (κ2) is 7.73. The summed E-state index contributed by atoms with van der Waals surface area (Å²) >= 11 is 0. The molecule has 0 aromatic rings. The summed E-state index contributed by atoms with van der Waals surface area (Å²) in [5.41, 5.74) is -0.408. The van der Waals surface area contributed by atoms with E-state index in [9.17, 15) is 4.79 Å². The Labute approximate surface area is 117 Å². The SMILES string of the molecule is CCCCNC1CCCCN(C(=O)OC(C)(C)C)C1. The summed E-state index contributed by atoms with van der Waals surface area (Å²) in [6.07, 6.45) is 5.65. The average Bonchev–Trinajstić information content (AvgIpc) is 2.53. The van der Waals surface area contributed by atoms with Crippen LogP contribution in [-0.2, 0) is 4.74 Å². The highest BCUT2D eigenvalue weighted by molar-refractivity contribution is 5.68. The molecule has 1 amide bonds. The zero-order valence-corrected chi connectivity index (χ0v) is 13.0. The summed E-state index contributed by atoms with van der Waals surface area (Å²) in [6.45, 7) is 10.6. The molecule has 1 unspecified atom stereocenters. The summed E-state index contributed by atoms with van der Waals surface area (Å²) in [5, 5.41) is 3.56. The summed E-state index contributed by atoms with van der Waals surface area (Å²) < 4.78 is 5.47. The molecule has 0 aromatic carbocycles. The number of hydrogen-bond acceptors (Lipinski definition) is 3. The van der Waals surface area contributed by atoms with E-state index in [2.05, 4.69) is 12.2 Å². The standard InChI is InChI=1S/C15H30N2O2/c1-5-6-10-16-13-9-7-8-11-17(12-13)14(18)19-15(2,3)4/h13,16H,5-12H2,1-4H3. The first-order valence-electron chi connectivity index (χ1n) is 7.63. The van der Waals surface area contributed by atoms with E-state index in [0.29, 0.717) is 6.04 Å². The van der Waals surface area contributed by atoms with Crippen LogP contribution >= 0.6 is 0 Å². The number of nitrogens with zero attached hydrogens (tertiary/aromatic N) is 1. The number of unbranched alkanes of at least 4 members (excludes halogenated alkanes) is 1.